The number of nitrogens with zero attached hydrogens (tertiary/aromatic N) is 1. The maximum absolute atomic E-state index is 10.2. The number of aliphatic hydroxyl groups is 1. The maximum atomic E-state index is 10.2. The molecule has 1 aromatic carbocycles. The van der Waals surface area contributed by atoms with E-state index in [0.29, 0.717) is 13.2 Å². The van der Waals surface area contributed by atoms with E-state index >= 15 is 0 Å². The summed E-state index contributed by atoms with van der Waals surface area (Å²) in [7, 11) is 2.18. The third-order valence-corrected chi connectivity index (χ3v) is 5.59. The van der Waals surface area contributed by atoms with Crippen LogP contribution in [0.25, 0.3) is 6.08 Å². The van der Waals surface area contributed by atoms with E-state index in [-0.39, 0.29) is 23.8 Å². The second kappa shape index (κ2) is 8.66. The van der Waals surface area contributed by atoms with Crippen molar-refractivity contribution in [2.75, 3.05) is 20.3 Å². The first kappa shape index (κ1) is 21.1. The summed E-state index contributed by atoms with van der Waals surface area (Å²) < 4.78 is 11.7. The van der Waals surface area contributed by atoms with E-state index in [1.165, 1.54) is 0 Å². The van der Waals surface area contributed by atoms with Gasteiger partial charge in [0, 0.05) is 11.1 Å². The van der Waals surface area contributed by atoms with Gasteiger partial charge in [0.2, 0.25) is 0 Å². The predicted molar refractivity (Wildman–Crippen MR) is 107 cm³/mol. The normalized spacial score (nSPS) is 21.5. The molecule has 1 saturated heterocycles. The molecular formula is C22H35NO3. The van der Waals surface area contributed by atoms with Crippen LogP contribution in [0.2, 0.25) is 0 Å². The Labute approximate surface area is 158 Å². The molecule has 0 aromatic heterocycles. The Morgan fingerprint density at radius 1 is 1.15 bits per heavy atom. The van der Waals surface area contributed by atoms with Gasteiger partial charge >= 0.3 is 0 Å². The van der Waals surface area contributed by atoms with Crippen molar-refractivity contribution >= 4 is 6.08 Å². The first-order chi connectivity index (χ1) is 12.1. The lowest BCUT2D eigenvalue weighted by atomic mass is 9.79. The second-order valence-corrected chi connectivity index (χ2v) is 8.66. The average molecular weight is 362 g/mol. The summed E-state index contributed by atoms with van der Waals surface area (Å²) in [6.07, 6.45) is 3.31. The second-order valence-electron chi connectivity index (χ2n) is 8.66. The molecule has 1 heterocycles. The summed E-state index contributed by atoms with van der Waals surface area (Å²) in [5.41, 5.74) is 2.35. The Balaban J connectivity index is 1.72. The Kier molecular flexibility index (Phi) is 7.03. The van der Waals surface area contributed by atoms with Gasteiger partial charge < -0.3 is 14.6 Å². The largest absolute Gasteiger partial charge is 0.388 e. The van der Waals surface area contributed by atoms with E-state index in [1.54, 1.807) is 0 Å². The van der Waals surface area contributed by atoms with Crippen LogP contribution in [0, 0.1) is 0 Å². The highest BCUT2D eigenvalue weighted by molar-refractivity contribution is 5.47. The third-order valence-electron chi connectivity index (χ3n) is 5.59. The standard InChI is InChI=1S/C22H35NO3/c1-7-17-8-10-18(11-9-17)14-25-15-19(24)16-26-20-12-21(2,3)23(6)22(4,5)13-20/h7-11,19-20,24H,1,12-16H2,2-6H3. The smallest absolute Gasteiger partial charge is 0.101 e. The molecule has 0 aliphatic carbocycles. The topological polar surface area (TPSA) is 41.9 Å². The monoisotopic (exact) mass is 361 g/mol. The van der Waals surface area contributed by atoms with Gasteiger partial charge in [0.1, 0.15) is 6.10 Å². The predicted octanol–water partition coefficient (Wildman–Crippen LogP) is 3.88. The van der Waals surface area contributed by atoms with Crippen LogP contribution >= 0.6 is 0 Å². The van der Waals surface area contributed by atoms with Gasteiger partial charge in [-0.15, -0.1) is 0 Å². The summed E-state index contributed by atoms with van der Waals surface area (Å²) in [6.45, 7) is 13.8. The average Bonchev–Trinajstić information content (AvgIpc) is 2.58. The van der Waals surface area contributed by atoms with Crippen molar-refractivity contribution in [1.29, 1.82) is 0 Å². The Bertz CT molecular complexity index is 562. The first-order valence-corrected chi connectivity index (χ1v) is 9.47. The van der Waals surface area contributed by atoms with Gasteiger partial charge in [0.15, 0.2) is 0 Å². The molecule has 1 fully saturated rings. The highest BCUT2D eigenvalue weighted by Crippen LogP contribution is 2.38. The minimum absolute atomic E-state index is 0.0888. The Hall–Kier alpha value is -1.20. The maximum Gasteiger partial charge on any atom is 0.101 e. The third kappa shape index (κ3) is 5.65. The Morgan fingerprint density at radius 3 is 2.27 bits per heavy atom. The number of benzene rings is 1. The number of piperidine rings is 1. The molecule has 4 heteroatoms. The molecule has 0 saturated carbocycles. The summed E-state index contributed by atoms with van der Waals surface area (Å²) in [4.78, 5) is 2.43. The van der Waals surface area contributed by atoms with Crippen molar-refractivity contribution in [2.45, 2.75) is 70.4 Å². The molecule has 0 spiro atoms. The minimum atomic E-state index is -0.603. The minimum Gasteiger partial charge on any atom is -0.388 e. The lowest BCUT2D eigenvalue weighted by Gasteiger charge is -2.53. The van der Waals surface area contributed by atoms with E-state index in [9.17, 15) is 5.11 Å². The fraction of sp³-hybridized carbons (Fsp3) is 0.636. The molecule has 1 unspecified atom stereocenters. The lowest BCUT2D eigenvalue weighted by molar-refractivity contribution is -0.113. The summed E-state index contributed by atoms with van der Waals surface area (Å²) in [6, 6.07) is 8.05. The lowest BCUT2D eigenvalue weighted by Crippen LogP contribution is -2.60. The van der Waals surface area contributed by atoms with Crippen LogP contribution < -0.4 is 0 Å². The molecule has 26 heavy (non-hydrogen) atoms. The molecule has 0 bridgehead atoms. The zero-order valence-electron chi connectivity index (χ0n) is 17.0. The van der Waals surface area contributed by atoms with Crippen LogP contribution in [0.3, 0.4) is 0 Å². The van der Waals surface area contributed by atoms with Crippen molar-refractivity contribution in [3.63, 3.8) is 0 Å². The molecule has 0 radical (unpaired) electrons. The number of likely N-dealkylation sites (tertiary alicyclic amines) is 1. The van der Waals surface area contributed by atoms with Crippen LogP contribution in [0.4, 0.5) is 0 Å². The van der Waals surface area contributed by atoms with Crippen LogP contribution in [0.5, 0.6) is 0 Å². The van der Waals surface area contributed by atoms with E-state index in [2.05, 4.69) is 46.2 Å². The Morgan fingerprint density at radius 2 is 1.73 bits per heavy atom. The van der Waals surface area contributed by atoms with Crippen molar-refractivity contribution in [1.82, 2.24) is 4.90 Å². The van der Waals surface area contributed by atoms with Gasteiger partial charge in [-0.2, -0.15) is 0 Å². The SMILES string of the molecule is C=Cc1ccc(COCC(O)COC2CC(C)(C)N(C)C(C)(C)C2)cc1. The van der Waals surface area contributed by atoms with Gasteiger partial charge in [-0.25, -0.2) is 0 Å². The van der Waals surface area contributed by atoms with Crippen molar-refractivity contribution in [3.05, 3.63) is 42.0 Å². The van der Waals surface area contributed by atoms with Gasteiger partial charge in [0.05, 0.1) is 25.9 Å². The van der Waals surface area contributed by atoms with E-state index in [1.807, 2.05) is 30.3 Å². The number of hydrogen-bond donors (Lipinski definition) is 1. The van der Waals surface area contributed by atoms with Gasteiger partial charge in [-0.1, -0.05) is 36.9 Å². The summed E-state index contributed by atoms with van der Waals surface area (Å²) >= 11 is 0. The van der Waals surface area contributed by atoms with E-state index in [4.69, 9.17) is 9.47 Å². The fourth-order valence-corrected chi connectivity index (χ4v) is 3.76. The van der Waals surface area contributed by atoms with Gasteiger partial charge in [-0.05, 0) is 58.7 Å². The summed E-state index contributed by atoms with van der Waals surface area (Å²) in [5.74, 6) is 0. The van der Waals surface area contributed by atoms with Crippen LogP contribution in [0.15, 0.2) is 30.8 Å². The van der Waals surface area contributed by atoms with Gasteiger partial charge in [-0.3, -0.25) is 4.90 Å². The van der Waals surface area contributed by atoms with Crippen LogP contribution in [-0.4, -0.2) is 53.6 Å². The van der Waals surface area contributed by atoms with E-state index < -0.39 is 6.10 Å². The fourth-order valence-electron chi connectivity index (χ4n) is 3.76. The number of aliphatic hydroxyl groups excluding tert-OH is 1. The van der Waals surface area contributed by atoms with Crippen molar-refractivity contribution < 1.29 is 14.6 Å². The molecule has 1 aliphatic heterocycles. The molecule has 0 amide bonds. The molecule has 146 valence electrons. The van der Waals surface area contributed by atoms with Gasteiger partial charge in [0.25, 0.3) is 0 Å². The first-order valence-electron chi connectivity index (χ1n) is 9.47. The molecule has 1 atom stereocenters. The number of hydrogen-bond acceptors (Lipinski definition) is 4. The molecular weight excluding hydrogens is 326 g/mol. The van der Waals surface area contributed by atoms with Crippen molar-refractivity contribution in [3.8, 4) is 0 Å². The van der Waals surface area contributed by atoms with E-state index in [0.717, 1.165) is 24.0 Å². The molecule has 4 nitrogen and oxygen atoms in total. The molecule has 1 N–H and O–H groups in total. The number of rotatable bonds is 8. The highest BCUT2D eigenvalue weighted by atomic mass is 16.5. The molecule has 1 aliphatic rings. The zero-order valence-corrected chi connectivity index (χ0v) is 17.0. The number of ether oxygens (including phenoxy) is 2. The quantitative estimate of drug-likeness (QED) is 0.763. The zero-order chi connectivity index (χ0) is 19.4. The van der Waals surface area contributed by atoms with Crippen LogP contribution in [-0.2, 0) is 16.1 Å². The van der Waals surface area contributed by atoms with Crippen molar-refractivity contribution in [2.24, 2.45) is 0 Å². The van der Waals surface area contributed by atoms with Crippen LogP contribution in [0.1, 0.15) is 51.7 Å². The summed E-state index contributed by atoms with van der Waals surface area (Å²) in [5, 5.41) is 10.2. The highest BCUT2D eigenvalue weighted by Gasteiger charge is 2.43. The molecule has 1 aromatic rings. The molecule has 2 rings (SSSR count).